The number of halogens is 1. The van der Waals surface area contributed by atoms with Crippen molar-refractivity contribution in [3.8, 4) is 11.3 Å². The number of aromatic nitrogens is 4. The summed E-state index contributed by atoms with van der Waals surface area (Å²) in [6.45, 7) is 7.77. The van der Waals surface area contributed by atoms with Crippen LogP contribution in [0.3, 0.4) is 0 Å². The highest BCUT2D eigenvalue weighted by Gasteiger charge is 2.21. The third-order valence-electron chi connectivity index (χ3n) is 5.53. The van der Waals surface area contributed by atoms with Crippen LogP contribution in [0.1, 0.15) is 24.2 Å². The van der Waals surface area contributed by atoms with Crippen molar-refractivity contribution in [2.75, 3.05) is 31.1 Å². The minimum absolute atomic E-state index is 0.188. The third kappa shape index (κ3) is 4.67. The molecule has 0 bridgehead atoms. The molecule has 0 unspecified atom stereocenters. The SMILES string of the molecule is Cc1cc(C)n(CCC(=O)N2CCCN(c3cc(-c4ccc(Cl)cc4)[nH]n3)CC2)n1. The van der Waals surface area contributed by atoms with Crippen molar-refractivity contribution < 1.29 is 4.79 Å². The molecule has 1 aliphatic rings. The summed E-state index contributed by atoms with van der Waals surface area (Å²) in [4.78, 5) is 16.9. The van der Waals surface area contributed by atoms with E-state index in [1.807, 2.05) is 53.8 Å². The second-order valence-corrected chi connectivity index (χ2v) is 8.20. The van der Waals surface area contributed by atoms with Crippen molar-refractivity contribution in [1.82, 2.24) is 24.9 Å². The minimum atomic E-state index is 0.188. The number of benzene rings is 1. The Morgan fingerprint density at radius 3 is 2.63 bits per heavy atom. The lowest BCUT2D eigenvalue weighted by Crippen LogP contribution is -2.35. The van der Waals surface area contributed by atoms with E-state index in [0.717, 1.165) is 54.5 Å². The number of aryl methyl sites for hydroxylation is 3. The molecule has 3 aromatic rings. The lowest BCUT2D eigenvalue weighted by molar-refractivity contribution is -0.131. The van der Waals surface area contributed by atoms with Gasteiger partial charge in [0.25, 0.3) is 0 Å². The summed E-state index contributed by atoms with van der Waals surface area (Å²) in [7, 11) is 0. The number of nitrogens with zero attached hydrogens (tertiary/aromatic N) is 5. The molecule has 8 heteroatoms. The van der Waals surface area contributed by atoms with Crippen LogP contribution in [0.15, 0.2) is 36.4 Å². The molecule has 30 heavy (non-hydrogen) atoms. The van der Waals surface area contributed by atoms with Crippen LogP contribution in [0.25, 0.3) is 11.3 Å². The molecule has 0 radical (unpaired) electrons. The Morgan fingerprint density at radius 1 is 1.10 bits per heavy atom. The van der Waals surface area contributed by atoms with Gasteiger partial charge in [0.05, 0.1) is 11.4 Å². The largest absolute Gasteiger partial charge is 0.353 e. The molecule has 1 aromatic carbocycles. The number of nitrogens with one attached hydrogen (secondary N) is 1. The van der Waals surface area contributed by atoms with E-state index in [1.54, 1.807) is 0 Å². The summed E-state index contributed by atoms with van der Waals surface area (Å²) in [5.74, 6) is 1.10. The van der Waals surface area contributed by atoms with Crippen molar-refractivity contribution in [3.63, 3.8) is 0 Å². The molecule has 1 amide bonds. The number of carbonyl (C=O) groups excluding carboxylic acids is 1. The first-order valence-corrected chi connectivity index (χ1v) is 10.7. The van der Waals surface area contributed by atoms with Crippen molar-refractivity contribution in [2.45, 2.75) is 33.2 Å². The summed E-state index contributed by atoms with van der Waals surface area (Å²) in [6.07, 6.45) is 1.40. The van der Waals surface area contributed by atoms with Gasteiger partial charge in [0.1, 0.15) is 0 Å². The predicted molar refractivity (Wildman–Crippen MR) is 119 cm³/mol. The van der Waals surface area contributed by atoms with Crippen LogP contribution in [0.4, 0.5) is 5.82 Å². The van der Waals surface area contributed by atoms with Crippen molar-refractivity contribution in [1.29, 1.82) is 0 Å². The maximum atomic E-state index is 12.7. The van der Waals surface area contributed by atoms with Gasteiger partial charge in [0.15, 0.2) is 5.82 Å². The Morgan fingerprint density at radius 2 is 1.90 bits per heavy atom. The summed E-state index contributed by atoms with van der Waals surface area (Å²) < 4.78 is 1.92. The standard InChI is InChI=1S/C22H27ClN6O/c1-16-14-17(2)29(26-16)11-8-22(30)28-10-3-9-27(12-13-28)21-15-20(24-25-21)18-4-6-19(23)7-5-18/h4-7,14-15H,3,8-13H2,1-2H3,(H,24,25). The number of hydrogen-bond donors (Lipinski definition) is 1. The minimum Gasteiger partial charge on any atom is -0.353 e. The number of rotatable bonds is 5. The Labute approximate surface area is 181 Å². The van der Waals surface area contributed by atoms with Crippen LogP contribution in [-0.4, -0.2) is 57.0 Å². The van der Waals surface area contributed by atoms with Crippen molar-refractivity contribution in [2.24, 2.45) is 0 Å². The lowest BCUT2D eigenvalue weighted by Gasteiger charge is -2.22. The first-order valence-electron chi connectivity index (χ1n) is 10.3. The highest BCUT2D eigenvalue weighted by atomic mass is 35.5. The first-order chi connectivity index (χ1) is 14.5. The average Bonchev–Trinajstić information content (AvgIpc) is 3.25. The number of aromatic amines is 1. The summed E-state index contributed by atoms with van der Waals surface area (Å²) >= 11 is 5.98. The van der Waals surface area contributed by atoms with E-state index in [2.05, 4.69) is 26.3 Å². The van der Waals surface area contributed by atoms with Gasteiger partial charge >= 0.3 is 0 Å². The highest BCUT2D eigenvalue weighted by Crippen LogP contribution is 2.24. The maximum Gasteiger partial charge on any atom is 0.224 e. The number of amides is 1. The Balaban J connectivity index is 1.34. The number of hydrogen-bond acceptors (Lipinski definition) is 4. The smallest absolute Gasteiger partial charge is 0.224 e. The Bertz CT molecular complexity index is 1010. The van der Waals surface area contributed by atoms with E-state index in [-0.39, 0.29) is 5.91 Å². The van der Waals surface area contributed by atoms with E-state index >= 15 is 0 Å². The second kappa shape index (κ2) is 8.92. The predicted octanol–water partition coefficient (Wildman–Crippen LogP) is 3.67. The molecule has 1 saturated heterocycles. The van der Waals surface area contributed by atoms with Crippen LogP contribution < -0.4 is 4.90 Å². The number of carbonyl (C=O) groups is 1. The van der Waals surface area contributed by atoms with Gasteiger partial charge in [-0.25, -0.2) is 0 Å². The van der Waals surface area contributed by atoms with Crippen LogP contribution >= 0.6 is 11.6 Å². The molecule has 7 nitrogen and oxygen atoms in total. The van der Waals surface area contributed by atoms with Gasteiger partial charge < -0.3 is 9.80 Å². The third-order valence-corrected chi connectivity index (χ3v) is 5.78. The van der Waals surface area contributed by atoms with E-state index in [4.69, 9.17) is 11.6 Å². The molecule has 3 heterocycles. The van der Waals surface area contributed by atoms with Gasteiger partial charge in [0, 0.05) is 55.9 Å². The van der Waals surface area contributed by atoms with Crippen LogP contribution in [-0.2, 0) is 11.3 Å². The Kier molecular flexibility index (Phi) is 6.08. The molecular weight excluding hydrogens is 400 g/mol. The molecule has 0 atom stereocenters. The van der Waals surface area contributed by atoms with Crippen LogP contribution in [0, 0.1) is 13.8 Å². The summed E-state index contributed by atoms with van der Waals surface area (Å²) in [5, 5.41) is 12.8. The van der Waals surface area contributed by atoms with E-state index in [0.29, 0.717) is 24.5 Å². The molecule has 1 N–H and O–H groups in total. The zero-order chi connectivity index (χ0) is 21.1. The molecule has 1 fully saturated rings. The molecule has 0 saturated carbocycles. The van der Waals surface area contributed by atoms with Gasteiger partial charge in [-0.2, -0.15) is 10.2 Å². The number of anilines is 1. The van der Waals surface area contributed by atoms with E-state index in [1.165, 1.54) is 0 Å². The monoisotopic (exact) mass is 426 g/mol. The van der Waals surface area contributed by atoms with E-state index < -0.39 is 0 Å². The molecule has 1 aliphatic heterocycles. The van der Waals surface area contributed by atoms with Gasteiger partial charge in [-0.1, -0.05) is 23.7 Å². The van der Waals surface area contributed by atoms with Crippen molar-refractivity contribution >= 4 is 23.3 Å². The van der Waals surface area contributed by atoms with E-state index in [9.17, 15) is 4.79 Å². The quantitative estimate of drug-likeness (QED) is 0.675. The van der Waals surface area contributed by atoms with Gasteiger partial charge in [0.2, 0.25) is 5.91 Å². The van der Waals surface area contributed by atoms with Crippen LogP contribution in [0.5, 0.6) is 0 Å². The molecule has 158 valence electrons. The second-order valence-electron chi connectivity index (χ2n) is 7.77. The normalized spacial score (nSPS) is 14.8. The fourth-order valence-electron chi connectivity index (χ4n) is 3.91. The Hall–Kier alpha value is -2.80. The number of H-pyrrole nitrogens is 1. The van der Waals surface area contributed by atoms with Crippen LogP contribution in [0.2, 0.25) is 5.02 Å². The average molecular weight is 427 g/mol. The van der Waals surface area contributed by atoms with Crippen molar-refractivity contribution in [3.05, 3.63) is 52.8 Å². The fraction of sp³-hybridized carbons (Fsp3) is 0.409. The summed E-state index contributed by atoms with van der Waals surface area (Å²) in [5.41, 5.74) is 4.09. The lowest BCUT2D eigenvalue weighted by atomic mass is 10.1. The first kappa shape index (κ1) is 20.5. The highest BCUT2D eigenvalue weighted by molar-refractivity contribution is 6.30. The zero-order valence-corrected chi connectivity index (χ0v) is 18.2. The molecule has 2 aromatic heterocycles. The summed E-state index contributed by atoms with van der Waals surface area (Å²) in [6, 6.07) is 11.8. The fourth-order valence-corrected chi connectivity index (χ4v) is 4.03. The van der Waals surface area contributed by atoms with Gasteiger partial charge in [-0.3, -0.25) is 14.6 Å². The molecule has 0 spiro atoms. The van der Waals surface area contributed by atoms with Gasteiger partial charge in [-0.05, 0) is 44.0 Å². The zero-order valence-electron chi connectivity index (χ0n) is 17.4. The molecule has 0 aliphatic carbocycles. The topological polar surface area (TPSA) is 70.1 Å². The van der Waals surface area contributed by atoms with Gasteiger partial charge in [-0.15, -0.1) is 0 Å². The maximum absolute atomic E-state index is 12.7. The molecule has 4 rings (SSSR count). The molecular formula is C22H27ClN6O.